The largest absolute Gasteiger partial charge is 0.478 e. The van der Waals surface area contributed by atoms with E-state index in [0.717, 1.165) is 41.4 Å². The van der Waals surface area contributed by atoms with Crippen molar-refractivity contribution in [3.63, 3.8) is 0 Å². The molecule has 2 aromatic carbocycles. The standard InChI is InChI=1S/C36H39ClN10O5/c1-19-13-23(40-22-5-7-24-28(16-22)46(4)44-32(24)25-8-10-30(48)42-34(25)50)11-12-47(19)36-39-17-26(37)33(43-36)41-21-6-9-27-20(14-21)15-29(35(51)45(27)3)52-18-31(49)38-2/h5-7,9,14-17,19,23,25,40H,8,10-13,18H2,1-4H3,(H,38,49)(H,39,41,43)(H,42,48,50)/t19-,23+,25?/m0/s1. The Morgan fingerprint density at radius 3 is 2.63 bits per heavy atom. The molecule has 0 aliphatic carbocycles. The fourth-order valence-electron chi connectivity index (χ4n) is 6.99. The molecule has 3 atom stereocenters. The molecule has 15 nitrogen and oxygen atoms in total. The van der Waals surface area contributed by atoms with Gasteiger partial charge < -0.3 is 30.2 Å². The fourth-order valence-corrected chi connectivity index (χ4v) is 7.13. The molecule has 270 valence electrons. The Morgan fingerprint density at radius 2 is 1.87 bits per heavy atom. The number of likely N-dealkylation sites (N-methyl/N-ethyl adjacent to an activating group) is 1. The van der Waals surface area contributed by atoms with Crippen LogP contribution in [0, 0.1) is 0 Å². The lowest BCUT2D eigenvalue weighted by Gasteiger charge is -2.38. The van der Waals surface area contributed by atoms with Crippen molar-refractivity contribution in [2.45, 2.75) is 50.6 Å². The van der Waals surface area contributed by atoms with Crippen molar-refractivity contribution >= 4 is 74.3 Å². The Bertz CT molecular complexity index is 2290. The Labute approximate surface area is 303 Å². The molecule has 0 saturated carbocycles. The molecular formula is C36H39ClN10O5. The number of aromatic nitrogens is 5. The van der Waals surface area contributed by atoms with Crippen LogP contribution < -0.4 is 36.5 Å². The molecule has 5 heterocycles. The molecular weight excluding hydrogens is 688 g/mol. The van der Waals surface area contributed by atoms with E-state index in [1.807, 2.05) is 37.4 Å². The SMILES string of the molecule is CNC(=O)COc1cc2cc(Nc3nc(N4CC[C@@H](Nc5ccc6c(C7CCC(=O)NC7=O)nn(C)c6c5)C[C@@H]4C)ncc3Cl)ccc2n(C)c1=O. The Kier molecular flexibility index (Phi) is 9.44. The second-order valence-corrected chi connectivity index (χ2v) is 13.7. The zero-order chi connectivity index (χ0) is 36.7. The first-order valence-electron chi connectivity index (χ1n) is 17.1. The van der Waals surface area contributed by atoms with Crippen LogP contribution in [-0.2, 0) is 28.5 Å². The number of aryl methyl sites for hydroxylation is 2. The molecule has 0 radical (unpaired) electrons. The van der Waals surface area contributed by atoms with E-state index in [2.05, 4.69) is 49.2 Å². The number of amides is 3. The molecule has 2 saturated heterocycles. The fraction of sp³-hybridized carbons (Fsp3) is 0.361. The highest BCUT2D eigenvalue weighted by Crippen LogP contribution is 2.33. The number of hydrogen-bond donors (Lipinski definition) is 4. The van der Waals surface area contributed by atoms with E-state index in [9.17, 15) is 19.2 Å². The highest BCUT2D eigenvalue weighted by Gasteiger charge is 2.32. The molecule has 3 aromatic heterocycles. The maximum Gasteiger partial charge on any atom is 0.293 e. The molecule has 2 aliphatic heterocycles. The number of carbonyl (C=O) groups excluding carboxylic acids is 3. The summed E-state index contributed by atoms with van der Waals surface area (Å²) in [6.45, 7) is 2.60. The zero-order valence-corrected chi connectivity index (χ0v) is 30.0. The first-order chi connectivity index (χ1) is 25.0. The van der Waals surface area contributed by atoms with Crippen LogP contribution in [0.2, 0.25) is 5.02 Å². The van der Waals surface area contributed by atoms with E-state index >= 15 is 0 Å². The average Bonchev–Trinajstić information content (AvgIpc) is 3.45. The predicted octanol–water partition coefficient (Wildman–Crippen LogP) is 3.73. The lowest BCUT2D eigenvalue weighted by molar-refractivity contribution is -0.134. The number of halogens is 1. The number of nitrogens with one attached hydrogen (secondary N) is 4. The van der Waals surface area contributed by atoms with Crippen LogP contribution in [0.3, 0.4) is 0 Å². The number of anilines is 4. The first-order valence-corrected chi connectivity index (χ1v) is 17.5. The monoisotopic (exact) mass is 726 g/mol. The molecule has 4 N–H and O–H groups in total. The van der Waals surface area contributed by atoms with Crippen molar-refractivity contribution in [3.05, 3.63) is 69.7 Å². The quantitative estimate of drug-likeness (QED) is 0.163. The lowest BCUT2D eigenvalue weighted by atomic mass is 9.92. The third kappa shape index (κ3) is 6.83. The molecule has 0 spiro atoms. The summed E-state index contributed by atoms with van der Waals surface area (Å²) in [5, 5.41) is 18.5. The van der Waals surface area contributed by atoms with Gasteiger partial charge >= 0.3 is 0 Å². The van der Waals surface area contributed by atoms with Gasteiger partial charge in [-0.3, -0.25) is 29.2 Å². The maximum atomic E-state index is 12.8. The van der Waals surface area contributed by atoms with Gasteiger partial charge in [0.05, 0.1) is 28.8 Å². The van der Waals surface area contributed by atoms with Crippen LogP contribution in [0.4, 0.5) is 23.1 Å². The predicted molar refractivity (Wildman–Crippen MR) is 198 cm³/mol. The van der Waals surface area contributed by atoms with Gasteiger partial charge in [0.15, 0.2) is 18.2 Å². The van der Waals surface area contributed by atoms with E-state index in [1.165, 1.54) is 11.6 Å². The van der Waals surface area contributed by atoms with Gasteiger partial charge in [-0.1, -0.05) is 11.6 Å². The number of nitrogens with zero attached hydrogens (tertiary/aromatic N) is 6. The van der Waals surface area contributed by atoms with E-state index in [-0.39, 0.29) is 47.7 Å². The van der Waals surface area contributed by atoms with Gasteiger partial charge in [-0.2, -0.15) is 10.1 Å². The number of imide groups is 1. The number of rotatable bonds is 9. The molecule has 3 amide bonds. The van der Waals surface area contributed by atoms with Gasteiger partial charge in [-0.25, -0.2) is 4.98 Å². The summed E-state index contributed by atoms with van der Waals surface area (Å²) in [5.74, 6) is -0.253. The van der Waals surface area contributed by atoms with Crippen LogP contribution >= 0.6 is 11.6 Å². The second-order valence-electron chi connectivity index (χ2n) is 13.3. The molecule has 7 rings (SSSR count). The van der Waals surface area contributed by atoms with Gasteiger partial charge in [0, 0.05) is 68.3 Å². The lowest BCUT2D eigenvalue weighted by Crippen LogP contribution is -2.45. The van der Waals surface area contributed by atoms with Crippen LogP contribution in [0.25, 0.3) is 21.8 Å². The van der Waals surface area contributed by atoms with Crippen molar-refractivity contribution in [3.8, 4) is 5.75 Å². The van der Waals surface area contributed by atoms with Crippen molar-refractivity contribution in [1.82, 2.24) is 34.9 Å². The van der Waals surface area contributed by atoms with E-state index in [4.69, 9.17) is 21.3 Å². The number of ether oxygens (including phenoxy) is 1. The normalized spacial score (nSPS) is 19.1. The van der Waals surface area contributed by atoms with Crippen molar-refractivity contribution in [1.29, 1.82) is 0 Å². The van der Waals surface area contributed by atoms with Gasteiger partial charge in [0.2, 0.25) is 17.8 Å². The molecule has 1 unspecified atom stereocenters. The summed E-state index contributed by atoms with van der Waals surface area (Å²) in [6.07, 6.45) is 4.03. The first kappa shape index (κ1) is 34.7. The number of benzene rings is 2. The summed E-state index contributed by atoms with van der Waals surface area (Å²) >= 11 is 6.56. The topological polar surface area (TPSA) is 177 Å². The Hall–Kier alpha value is -5.70. The highest BCUT2D eigenvalue weighted by molar-refractivity contribution is 6.33. The van der Waals surface area contributed by atoms with Crippen molar-refractivity contribution in [2.75, 3.05) is 35.7 Å². The molecule has 2 fully saturated rings. The number of pyridine rings is 1. The van der Waals surface area contributed by atoms with Crippen LogP contribution in [-0.4, -0.2) is 74.3 Å². The Morgan fingerprint density at radius 1 is 1.06 bits per heavy atom. The van der Waals surface area contributed by atoms with Crippen molar-refractivity contribution < 1.29 is 19.1 Å². The summed E-state index contributed by atoms with van der Waals surface area (Å²) in [6, 6.07) is 13.5. The number of piperidine rings is 2. The average molecular weight is 727 g/mol. The van der Waals surface area contributed by atoms with Gasteiger partial charge in [0.25, 0.3) is 11.5 Å². The summed E-state index contributed by atoms with van der Waals surface area (Å²) in [5.41, 5.74) is 3.61. The van der Waals surface area contributed by atoms with E-state index in [1.54, 1.807) is 24.0 Å². The third-order valence-corrected chi connectivity index (χ3v) is 10.1. The van der Waals surface area contributed by atoms with Crippen LogP contribution in [0.1, 0.15) is 44.2 Å². The van der Waals surface area contributed by atoms with Gasteiger partial charge in [0.1, 0.15) is 5.02 Å². The third-order valence-electron chi connectivity index (χ3n) is 9.78. The number of fused-ring (bicyclic) bond motifs is 2. The second kappa shape index (κ2) is 14.1. The molecule has 16 heteroatoms. The minimum atomic E-state index is -0.448. The highest BCUT2D eigenvalue weighted by atomic mass is 35.5. The zero-order valence-electron chi connectivity index (χ0n) is 29.2. The molecule has 52 heavy (non-hydrogen) atoms. The Balaban J connectivity index is 1.03. The van der Waals surface area contributed by atoms with E-state index in [0.29, 0.717) is 46.5 Å². The summed E-state index contributed by atoms with van der Waals surface area (Å²) in [4.78, 5) is 60.2. The molecule has 2 aliphatic rings. The van der Waals surface area contributed by atoms with Crippen molar-refractivity contribution in [2.24, 2.45) is 14.1 Å². The number of hydrogen-bond acceptors (Lipinski definition) is 11. The smallest absolute Gasteiger partial charge is 0.293 e. The summed E-state index contributed by atoms with van der Waals surface area (Å²) in [7, 11) is 5.02. The molecule has 5 aromatic rings. The number of carbonyl (C=O) groups is 3. The van der Waals surface area contributed by atoms with Gasteiger partial charge in [-0.15, -0.1) is 0 Å². The van der Waals surface area contributed by atoms with Crippen LogP contribution in [0.5, 0.6) is 5.75 Å². The van der Waals surface area contributed by atoms with Crippen LogP contribution in [0.15, 0.2) is 53.5 Å². The minimum absolute atomic E-state index is 0.0708. The summed E-state index contributed by atoms with van der Waals surface area (Å²) < 4.78 is 8.76. The van der Waals surface area contributed by atoms with E-state index < -0.39 is 5.92 Å². The minimum Gasteiger partial charge on any atom is -0.478 e. The van der Waals surface area contributed by atoms with Gasteiger partial charge in [-0.05, 0) is 68.7 Å². The maximum absolute atomic E-state index is 12.8. The molecule has 0 bridgehead atoms.